The molecule has 0 spiro atoms. The van der Waals surface area contributed by atoms with E-state index in [9.17, 15) is 4.79 Å². The predicted molar refractivity (Wildman–Crippen MR) is 102 cm³/mol. The van der Waals surface area contributed by atoms with Crippen LogP contribution in [-0.4, -0.2) is 50.6 Å². The number of aliphatic imine (C=N–C) groups is 1. The molecule has 130 valence electrons. The zero-order valence-electron chi connectivity index (χ0n) is 14.6. The average molecular weight is 425 g/mol. The molecule has 22 heavy (non-hydrogen) atoms. The Morgan fingerprint density at radius 1 is 1.32 bits per heavy atom. The van der Waals surface area contributed by atoms with Gasteiger partial charge in [-0.25, -0.2) is 0 Å². The number of carbonyl (C=O) groups excluding carboxylic acids is 1. The number of ether oxygens (including phenoxy) is 1. The fourth-order valence-electron chi connectivity index (χ4n) is 2.64. The molecule has 0 radical (unpaired) electrons. The second-order valence-electron chi connectivity index (χ2n) is 6.92. The number of halogens is 1. The fraction of sp³-hybridized carbons (Fsp3) is 0.875. The molecule has 1 heterocycles. The average Bonchev–Trinajstić information content (AvgIpc) is 2.46. The first-order chi connectivity index (χ1) is 9.87. The number of hydrogen-bond donors (Lipinski definition) is 1. The van der Waals surface area contributed by atoms with Gasteiger partial charge in [0.2, 0.25) is 0 Å². The first-order valence-corrected chi connectivity index (χ1v) is 7.91. The standard InChI is InChI=1S/C16H31N3O2.HI/c1-16(2,3)9-6-10-18-15(17-4)19-11-7-13(8-12-19)14(20)21-5;/h13H,6-12H2,1-5H3,(H,17,18);1H. The summed E-state index contributed by atoms with van der Waals surface area (Å²) in [6.45, 7) is 9.45. The van der Waals surface area contributed by atoms with Crippen molar-refractivity contribution in [3.05, 3.63) is 0 Å². The van der Waals surface area contributed by atoms with E-state index in [1.165, 1.54) is 13.5 Å². The first kappa shape index (κ1) is 21.5. The molecular formula is C16H32IN3O2. The fourth-order valence-corrected chi connectivity index (χ4v) is 2.64. The van der Waals surface area contributed by atoms with E-state index in [4.69, 9.17) is 4.74 Å². The second kappa shape index (κ2) is 10.3. The number of methoxy groups -OCH3 is 1. The number of hydrogen-bond acceptors (Lipinski definition) is 3. The molecule has 1 saturated heterocycles. The number of nitrogens with zero attached hydrogens (tertiary/aromatic N) is 2. The zero-order chi connectivity index (χ0) is 15.9. The Balaban J connectivity index is 0.00000441. The van der Waals surface area contributed by atoms with Gasteiger partial charge in [0.1, 0.15) is 0 Å². The molecule has 0 saturated carbocycles. The van der Waals surface area contributed by atoms with Crippen LogP contribution < -0.4 is 5.32 Å². The minimum Gasteiger partial charge on any atom is -0.469 e. The summed E-state index contributed by atoms with van der Waals surface area (Å²) >= 11 is 0. The van der Waals surface area contributed by atoms with E-state index in [0.29, 0.717) is 5.41 Å². The molecule has 1 rings (SSSR count). The molecule has 1 aliphatic heterocycles. The lowest BCUT2D eigenvalue weighted by Gasteiger charge is -2.33. The molecule has 5 nitrogen and oxygen atoms in total. The highest BCUT2D eigenvalue weighted by molar-refractivity contribution is 14.0. The Labute approximate surface area is 152 Å². The van der Waals surface area contributed by atoms with Crippen molar-refractivity contribution in [3.63, 3.8) is 0 Å². The van der Waals surface area contributed by atoms with Gasteiger partial charge in [-0.1, -0.05) is 20.8 Å². The Bertz CT molecular complexity index is 359. The summed E-state index contributed by atoms with van der Waals surface area (Å²) in [5, 5.41) is 3.43. The van der Waals surface area contributed by atoms with E-state index >= 15 is 0 Å². The summed E-state index contributed by atoms with van der Waals surface area (Å²) in [6, 6.07) is 0. The second-order valence-corrected chi connectivity index (χ2v) is 6.92. The monoisotopic (exact) mass is 425 g/mol. The number of carbonyl (C=O) groups is 1. The van der Waals surface area contributed by atoms with Gasteiger partial charge in [0.15, 0.2) is 5.96 Å². The van der Waals surface area contributed by atoms with Crippen LogP contribution in [0.2, 0.25) is 0 Å². The normalized spacial score (nSPS) is 17.0. The van der Waals surface area contributed by atoms with Crippen molar-refractivity contribution < 1.29 is 9.53 Å². The van der Waals surface area contributed by atoms with Crippen LogP contribution in [0.15, 0.2) is 4.99 Å². The Kier molecular flexibility index (Phi) is 10.0. The van der Waals surface area contributed by atoms with Crippen LogP contribution in [0.5, 0.6) is 0 Å². The number of rotatable bonds is 4. The molecule has 1 aliphatic rings. The topological polar surface area (TPSA) is 53.9 Å². The molecule has 0 aromatic heterocycles. The number of nitrogens with one attached hydrogen (secondary N) is 1. The van der Waals surface area contributed by atoms with Gasteiger partial charge >= 0.3 is 5.97 Å². The zero-order valence-corrected chi connectivity index (χ0v) is 17.0. The Morgan fingerprint density at radius 2 is 1.91 bits per heavy atom. The van der Waals surface area contributed by atoms with Gasteiger partial charge < -0.3 is 15.0 Å². The maximum atomic E-state index is 11.5. The molecular weight excluding hydrogens is 393 g/mol. The minimum atomic E-state index is -0.0808. The molecule has 0 atom stereocenters. The number of guanidine groups is 1. The number of piperidine rings is 1. The van der Waals surface area contributed by atoms with Crippen LogP contribution in [0, 0.1) is 11.3 Å². The SMILES string of the molecule is CN=C(NCCCC(C)(C)C)N1CCC(C(=O)OC)CC1.I. The number of esters is 1. The Hall–Kier alpha value is -0.530. The third-order valence-corrected chi connectivity index (χ3v) is 3.93. The van der Waals surface area contributed by atoms with E-state index < -0.39 is 0 Å². The molecule has 0 bridgehead atoms. The summed E-state index contributed by atoms with van der Waals surface area (Å²) in [7, 11) is 3.28. The van der Waals surface area contributed by atoms with Gasteiger partial charge in [-0.3, -0.25) is 9.79 Å². The number of likely N-dealkylation sites (tertiary alicyclic amines) is 1. The van der Waals surface area contributed by atoms with Gasteiger partial charge in [0, 0.05) is 26.7 Å². The molecule has 0 aliphatic carbocycles. The van der Waals surface area contributed by atoms with Gasteiger partial charge in [-0.05, 0) is 31.1 Å². The van der Waals surface area contributed by atoms with Crippen molar-refractivity contribution >= 4 is 35.9 Å². The van der Waals surface area contributed by atoms with Crippen LogP contribution in [0.3, 0.4) is 0 Å². The lowest BCUT2D eigenvalue weighted by Crippen LogP contribution is -2.46. The highest BCUT2D eigenvalue weighted by Crippen LogP contribution is 2.20. The lowest BCUT2D eigenvalue weighted by molar-refractivity contribution is -0.146. The van der Waals surface area contributed by atoms with Crippen LogP contribution >= 0.6 is 24.0 Å². The molecule has 6 heteroatoms. The van der Waals surface area contributed by atoms with Crippen LogP contribution in [0.25, 0.3) is 0 Å². The van der Waals surface area contributed by atoms with E-state index in [1.807, 2.05) is 7.05 Å². The highest BCUT2D eigenvalue weighted by atomic mass is 127. The quantitative estimate of drug-likeness (QED) is 0.248. The highest BCUT2D eigenvalue weighted by Gasteiger charge is 2.26. The molecule has 0 amide bonds. The smallest absolute Gasteiger partial charge is 0.308 e. The van der Waals surface area contributed by atoms with Crippen molar-refractivity contribution in [2.24, 2.45) is 16.3 Å². The van der Waals surface area contributed by atoms with Gasteiger partial charge in [0.25, 0.3) is 0 Å². The van der Waals surface area contributed by atoms with Crippen LogP contribution in [0.1, 0.15) is 46.5 Å². The maximum Gasteiger partial charge on any atom is 0.308 e. The molecule has 0 aromatic carbocycles. The van der Waals surface area contributed by atoms with Gasteiger partial charge in [-0.15, -0.1) is 24.0 Å². The van der Waals surface area contributed by atoms with Crippen molar-refractivity contribution in [2.45, 2.75) is 46.5 Å². The van der Waals surface area contributed by atoms with Crippen molar-refractivity contribution in [3.8, 4) is 0 Å². The van der Waals surface area contributed by atoms with Gasteiger partial charge in [-0.2, -0.15) is 0 Å². The Morgan fingerprint density at radius 3 is 2.36 bits per heavy atom. The van der Waals surface area contributed by atoms with E-state index in [-0.39, 0.29) is 35.9 Å². The van der Waals surface area contributed by atoms with E-state index in [0.717, 1.165) is 44.9 Å². The lowest BCUT2D eigenvalue weighted by atomic mass is 9.91. The molecule has 0 unspecified atom stereocenters. The summed E-state index contributed by atoms with van der Waals surface area (Å²) in [6.07, 6.45) is 4.02. The first-order valence-electron chi connectivity index (χ1n) is 7.91. The summed E-state index contributed by atoms with van der Waals surface area (Å²) in [5.74, 6) is 0.917. The maximum absolute atomic E-state index is 11.5. The molecule has 1 fully saturated rings. The van der Waals surface area contributed by atoms with Crippen molar-refractivity contribution in [2.75, 3.05) is 33.8 Å². The third kappa shape index (κ3) is 7.65. The third-order valence-electron chi connectivity index (χ3n) is 3.93. The van der Waals surface area contributed by atoms with Crippen molar-refractivity contribution in [1.82, 2.24) is 10.2 Å². The van der Waals surface area contributed by atoms with Crippen LogP contribution in [-0.2, 0) is 9.53 Å². The summed E-state index contributed by atoms with van der Waals surface area (Å²) in [4.78, 5) is 18.1. The minimum absolute atomic E-state index is 0. The molecule has 1 N–H and O–H groups in total. The summed E-state index contributed by atoms with van der Waals surface area (Å²) < 4.78 is 4.82. The van der Waals surface area contributed by atoms with E-state index in [2.05, 4.69) is 36.0 Å². The largest absolute Gasteiger partial charge is 0.469 e. The van der Waals surface area contributed by atoms with Crippen LogP contribution in [0.4, 0.5) is 0 Å². The predicted octanol–water partition coefficient (Wildman–Crippen LogP) is 2.89. The summed E-state index contributed by atoms with van der Waals surface area (Å²) in [5.41, 5.74) is 0.379. The van der Waals surface area contributed by atoms with Gasteiger partial charge in [0.05, 0.1) is 13.0 Å². The van der Waals surface area contributed by atoms with Crippen molar-refractivity contribution in [1.29, 1.82) is 0 Å². The van der Waals surface area contributed by atoms with E-state index in [1.54, 1.807) is 0 Å². The molecule has 0 aromatic rings.